The number of ether oxygens (including phenoxy) is 3. The Balaban J connectivity index is 3.37. The van der Waals surface area contributed by atoms with Crippen LogP contribution in [0.5, 0.6) is 0 Å². The molecular formula is C11H24O3. The maximum atomic E-state index is 5.58. The van der Waals surface area contributed by atoms with Gasteiger partial charge in [-0.05, 0) is 19.8 Å². The SMILES string of the molecule is CCCOCC(C)OCC(CC)OC. The van der Waals surface area contributed by atoms with Crippen LogP contribution in [-0.2, 0) is 14.2 Å². The van der Waals surface area contributed by atoms with Crippen molar-refractivity contribution in [1.29, 1.82) is 0 Å². The molecule has 0 radical (unpaired) electrons. The molecule has 0 saturated heterocycles. The van der Waals surface area contributed by atoms with Gasteiger partial charge in [0, 0.05) is 13.7 Å². The van der Waals surface area contributed by atoms with E-state index < -0.39 is 0 Å². The molecule has 0 N–H and O–H groups in total. The van der Waals surface area contributed by atoms with Crippen molar-refractivity contribution in [2.24, 2.45) is 0 Å². The molecule has 3 heteroatoms. The first-order valence-electron chi connectivity index (χ1n) is 5.46. The van der Waals surface area contributed by atoms with Gasteiger partial charge < -0.3 is 14.2 Å². The lowest BCUT2D eigenvalue weighted by atomic mass is 10.3. The fraction of sp³-hybridized carbons (Fsp3) is 1.00. The number of rotatable bonds is 9. The monoisotopic (exact) mass is 204 g/mol. The van der Waals surface area contributed by atoms with Crippen molar-refractivity contribution in [1.82, 2.24) is 0 Å². The second-order valence-electron chi connectivity index (χ2n) is 3.48. The van der Waals surface area contributed by atoms with Crippen LogP contribution in [-0.4, -0.2) is 39.1 Å². The van der Waals surface area contributed by atoms with Crippen LogP contribution in [0.15, 0.2) is 0 Å². The molecule has 0 fully saturated rings. The summed E-state index contributed by atoms with van der Waals surface area (Å²) in [7, 11) is 1.72. The Morgan fingerprint density at radius 3 is 2.36 bits per heavy atom. The lowest BCUT2D eigenvalue weighted by Crippen LogP contribution is -2.24. The molecule has 0 aromatic rings. The van der Waals surface area contributed by atoms with Crippen LogP contribution in [0.25, 0.3) is 0 Å². The molecule has 14 heavy (non-hydrogen) atoms. The smallest absolute Gasteiger partial charge is 0.0802 e. The fourth-order valence-corrected chi connectivity index (χ4v) is 1.07. The van der Waals surface area contributed by atoms with E-state index in [1.54, 1.807) is 7.11 Å². The Morgan fingerprint density at radius 1 is 1.14 bits per heavy atom. The molecule has 0 aliphatic heterocycles. The molecule has 0 aliphatic carbocycles. The fourth-order valence-electron chi connectivity index (χ4n) is 1.07. The van der Waals surface area contributed by atoms with Gasteiger partial charge in [-0.1, -0.05) is 13.8 Å². The molecule has 3 nitrogen and oxygen atoms in total. The summed E-state index contributed by atoms with van der Waals surface area (Å²) in [4.78, 5) is 0. The van der Waals surface area contributed by atoms with Gasteiger partial charge >= 0.3 is 0 Å². The van der Waals surface area contributed by atoms with E-state index in [4.69, 9.17) is 14.2 Å². The Labute approximate surface area is 87.7 Å². The van der Waals surface area contributed by atoms with Crippen molar-refractivity contribution in [3.8, 4) is 0 Å². The average Bonchev–Trinajstić information content (AvgIpc) is 2.20. The van der Waals surface area contributed by atoms with E-state index in [1.807, 2.05) is 6.92 Å². The summed E-state index contributed by atoms with van der Waals surface area (Å²) in [5, 5.41) is 0. The van der Waals surface area contributed by atoms with E-state index in [1.165, 1.54) is 0 Å². The van der Waals surface area contributed by atoms with E-state index in [-0.39, 0.29) is 12.2 Å². The van der Waals surface area contributed by atoms with Crippen molar-refractivity contribution < 1.29 is 14.2 Å². The Bertz CT molecular complexity index is 113. The molecule has 0 saturated carbocycles. The van der Waals surface area contributed by atoms with Gasteiger partial charge in [0.15, 0.2) is 0 Å². The quantitative estimate of drug-likeness (QED) is 0.539. The highest BCUT2D eigenvalue weighted by atomic mass is 16.6. The third-order valence-electron chi connectivity index (χ3n) is 2.06. The van der Waals surface area contributed by atoms with Gasteiger partial charge in [-0.15, -0.1) is 0 Å². The molecule has 0 spiro atoms. The first kappa shape index (κ1) is 13.9. The third kappa shape index (κ3) is 7.30. The van der Waals surface area contributed by atoms with Crippen molar-refractivity contribution in [3.05, 3.63) is 0 Å². The number of hydrogen-bond acceptors (Lipinski definition) is 3. The highest BCUT2D eigenvalue weighted by Crippen LogP contribution is 2.00. The van der Waals surface area contributed by atoms with E-state index in [0.717, 1.165) is 19.4 Å². The summed E-state index contributed by atoms with van der Waals surface area (Å²) >= 11 is 0. The van der Waals surface area contributed by atoms with Gasteiger partial charge in [-0.3, -0.25) is 0 Å². The summed E-state index contributed by atoms with van der Waals surface area (Å²) in [6.07, 6.45) is 2.41. The highest BCUT2D eigenvalue weighted by Gasteiger charge is 2.07. The largest absolute Gasteiger partial charge is 0.379 e. The zero-order chi connectivity index (χ0) is 10.8. The minimum atomic E-state index is 0.158. The number of methoxy groups -OCH3 is 1. The Morgan fingerprint density at radius 2 is 1.86 bits per heavy atom. The molecule has 2 atom stereocenters. The lowest BCUT2D eigenvalue weighted by Gasteiger charge is -2.17. The maximum absolute atomic E-state index is 5.58. The van der Waals surface area contributed by atoms with Gasteiger partial charge in [-0.2, -0.15) is 0 Å². The molecule has 86 valence electrons. The van der Waals surface area contributed by atoms with Gasteiger partial charge in [0.25, 0.3) is 0 Å². The second-order valence-corrected chi connectivity index (χ2v) is 3.48. The van der Waals surface area contributed by atoms with E-state index >= 15 is 0 Å². The van der Waals surface area contributed by atoms with E-state index in [9.17, 15) is 0 Å². The van der Waals surface area contributed by atoms with Crippen LogP contribution in [0.1, 0.15) is 33.6 Å². The summed E-state index contributed by atoms with van der Waals surface area (Å²) < 4.78 is 16.2. The van der Waals surface area contributed by atoms with Crippen molar-refractivity contribution >= 4 is 0 Å². The van der Waals surface area contributed by atoms with Gasteiger partial charge in [0.2, 0.25) is 0 Å². The lowest BCUT2D eigenvalue weighted by molar-refractivity contribution is -0.0519. The standard InChI is InChI=1S/C11H24O3/c1-5-7-13-8-10(3)14-9-11(6-2)12-4/h10-11H,5-9H2,1-4H3. The molecule has 2 unspecified atom stereocenters. The first-order valence-corrected chi connectivity index (χ1v) is 5.46. The summed E-state index contributed by atoms with van der Waals surface area (Å²) in [6.45, 7) is 8.37. The van der Waals surface area contributed by atoms with Crippen LogP contribution < -0.4 is 0 Å². The van der Waals surface area contributed by atoms with Gasteiger partial charge in [0.1, 0.15) is 0 Å². The normalized spacial score (nSPS) is 15.4. The summed E-state index contributed by atoms with van der Waals surface area (Å²) in [5.74, 6) is 0. The van der Waals surface area contributed by atoms with Gasteiger partial charge in [0.05, 0.1) is 25.4 Å². The molecule has 0 rings (SSSR count). The van der Waals surface area contributed by atoms with Crippen LogP contribution in [0.4, 0.5) is 0 Å². The molecule has 0 aliphatic rings. The van der Waals surface area contributed by atoms with Crippen LogP contribution in [0, 0.1) is 0 Å². The zero-order valence-electron chi connectivity index (χ0n) is 9.91. The molecule has 0 amide bonds. The average molecular weight is 204 g/mol. The number of hydrogen-bond donors (Lipinski definition) is 0. The predicted molar refractivity (Wildman–Crippen MR) is 57.6 cm³/mol. The van der Waals surface area contributed by atoms with Crippen molar-refractivity contribution in [3.63, 3.8) is 0 Å². The molecule has 0 aromatic heterocycles. The maximum Gasteiger partial charge on any atom is 0.0802 e. The summed E-state index contributed by atoms with van der Waals surface area (Å²) in [5.41, 5.74) is 0. The van der Waals surface area contributed by atoms with Gasteiger partial charge in [-0.25, -0.2) is 0 Å². The Hall–Kier alpha value is -0.120. The topological polar surface area (TPSA) is 27.7 Å². The summed E-state index contributed by atoms with van der Waals surface area (Å²) in [6, 6.07) is 0. The third-order valence-corrected chi connectivity index (χ3v) is 2.06. The highest BCUT2D eigenvalue weighted by molar-refractivity contribution is 4.55. The van der Waals surface area contributed by atoms with Crippen LogP contribution in [0.3, 0.4) is 0 Å². The predicted octanol–water partition coefficient (Wildman–Crippen LogP) is 2.24. The minimum Gasteiger partial charge on any atom is -0.379 e. The van der Waals surface area contributed by atoms with E-state index in [2.05, 4.69) is 13.8 Å². The second kappa shape index (κ2) is 9.44. The molecule has 0 bridgehead atoms. The molecular weight excluding hydrogens is 180 g/mol. The van der Waals surface area contributed by atoms with E-state index in [0.29, 0.717) is 13.2 Å². The Kier molecular flexibility index (Phi) is 9.35. The van der Waals surface area contributed by atoms with Crippen LogP contribution >= 0.6 is 0 Å². The van der Waals surface area contributed by atoms with Crippen molar-refractivity contribution in [2.45, 2.75) is 45.8 Å². The first-order chi connectivity index (χ1) is 6.74. The minimum absolute atomic E-state index is 0.158. The molecule has 0 heterocycles. The van der Waals surface area contributed by atoms with Crippen molar-refractivity contribution in [2.75, 3.05) is 26.9 Å². The zero-order valence-corrected chi connectivity index (χ0v) is 9.91. The molecule has 0 aromatic carbocycles. The van der Waals surface area contributed by atoms with Crippen LogP contribution in [0.2, 0.25) is 0 Å².